The number of benzene rings is 1. The Morgan fingerprint density at radius 2 is 2.19 bits per heavy atom. The minimum absolute atomic E-state index is 0.108. The summed E-state index contributed by atoms with van der Waals surface area (Å²) in [4.78, 5) is 24.4. The van der Waals surface area contributed by atoms with E-state index in [-0.39, 0.29) is 18.4 Å². The molecule has 1 unspecified atom stereocenters. The largest absolute Gasteiger partial charge is 0.351 e. The highest BCUT2D eigenvalue weighted by molar-refractivity contribution is 6.03. The molecule has 0 bridgehead atoms. The first-order valence-electron chi connectivity index (χ1n) is 5.07. The Morgan fingerprint density at radius 3 is 2.88 bits per heavy atom. The van der Waals surface area contributed by atoms with Crippen LogP contribution >= 0.6 is 0 Å². The van der Waals surface area contributed by atoms with E-state index in [1.807, 2.05) is 0 Å². The molecule has 3 N–H and O–H groups in total. The number of hydrogen-bond acceptors (Lipinski definition) is 2. The van der Waals surface area contributed by atoms with Gasteiger partial charge in [0.25, 0.3) is 0 Å². The van der Waals surface area contributed by atoms with E-state index in [9.17, 15) is 9.59 Å². The SMILES string of the molecule is CC1CC(=O)Nc2ccccc2N1C(N)=O. The molecule has 1 aliphatic rings. The lowest BCUT2D eigenvalue weighted by Crippen LogP contribution is -2.42. The number of rotatable bonds is 0. The van der Waals surface area contributed by atoms with Crippen molar-refractivity contribution in [3.05, 3.63) is 24.3 Å². The third-order valence-corrected chi connectivity index (χ3v) is 2.60. The molecule has 0 aliphatic carbocycles. The van der Waals surface area contributed by atoms with Gasteiger partial charge in [-0.1, -0.05) is 12.1 Å². The number of nitrogens with zero attached hydrogens (tertiary/aromatic N) is 1. The summed E-state index contributed by atoms with van der Waals surface area (Å²) >= 11 is 0. The zero-order valence-corrected chi connectivity index (χ0v) is 8.93. The van der Waals surface area contributed by atoms with Crippen LogP contribution in [-0.2, 0) is 4.79 Å². The first-order valence-corrected chi connectivity index (χ1v) is 5.07. The van der Waals surface area contributed by atoms with Crippen LogP contribution in [0.3, 0.4) is 0 Å². The van der Waals surface area contributed by atoms with Crippen molar-refractivity contribution < 1.29 is 9.59 Å². The van der Waals surface area contributed by atoms with E-state index in [0.717, 1.165) is 0 Å². The average molecular weight is 219 g/mol. The molecule has 3 amide bonds. The predicted molar refractivity (Wildman–Crippen MR) is 61.2 cm³/mol. The van der Waals surface area contributed by atoms with Gasteiger partial charge in [0.2, 0.25) is 5.91 Å². The van der Waals surface area contributed by atoms with Gasteiger partial charge in [-0.25, -0.2) is 4.79 Å². The van der Waals surface area contributed by atoms with E-state index in [1.54, 1.807) is 31.2 Å². The number of primary amides is 1. The molecule has 1 aromatic rings. The molecule has 1 atom stereocenters. The number of anilines is 2. The lowest BCUT2D eigenvalue weighted by Gasteiger charge is -2.25. The van der Waals surface area contributed by atoms with Gasteiger partial charge >= 0.3 is 6.03 Å². The molecule has 5 nitrogen and oxygen atoms in total. The number of amides is 3. The molecule has 1 aromatic carbocycles. The number of carbonyl (C=O) groups excluding carboxylic acids is 2. The molecule has 0 saturated carbocycles. The summed E-state index contributed by atoms with van der Waals surface area (Å²) in [5, 5.41) is 2.75. The number of nitrogens with one attached hydrogen (secondary N) is 1. The Balaban J connectivity index is 2.53. The van der Waals surface area contributed by atoms with Gasteiger partial charge < -0.3 is 11.1 Å². The van der Waals surface area contributed by atoms with Crippen molar-refractivity contribution in [1.29, 1.82) is 0 Å². The molecule has 5 heteroatoms. The van der Waals surface area contributed by atoms with Crippen LogP contribution < -0.4 is 16.0 Å². The Morgan fingerprint density at radius 1 is 1.50 bits per heavy atom. The fraction of sp³-hybridized carbons (Fsp3) is 0.273. The summed E-state index contributed by atoms with van der Waals surface area (Å²) in [6, 6.07) is 6.34. The van der Waals surface area contributed by atoms with Gasteiger partial charge in [-0.2, -0.15) is 0 Å². The van der Waals surface area contributed by atoms with Gasteiger partial charge in [0.15, 0.2) is 0 Å². The molecule has 0 radical (unpaired) electrons. The van der Waals surface area contributed by atoms with E-state index in [1.165, 1.54) is 4.90 Å². The third-order valence-electron chi connectivity index (χ3n) is 2.60. The Hall–Kier alpha value is -2.04. The number of hydrogen-bond donors (Lipinski definition) is 2. The number of para-hydroxylation sites is 2. The van der Waals surface area contributed by atoms with Gasteiger partial charge in [-0.05, 0) is 19.1 Å². The first kappa shape index (κ1) is 10.5. The second-order valence-corrected chi connectivity index (χ2v) is 3.83. The van der Waals surface area contributed by atoms with Crippen LogP contribution in [0.15, 0.2) is 24.3 Å². The second kappa shape index (κ2) is 3.84. The van der Waals surface area contributed by atoms with Crippen molar-refractivity contribution in [2.75, 3.05) is 10.2 Å². The summed E-state index contributed by atoms with van der Waals surface area (Å²) in [6.07, 6.45) is 0.248. The van der Waals surface area contributed by atoms with Crippen LogP contribution in [-0.4, -0.2) is 18.0 Å². The maximum Gasteiger partial charge on any atom is 0.319 e. The summed E-state index contributed by atoms with van der Waals surface area (Å²) in [6.45, 7) is 1.80. The summed E-state index contributed by atoms with van der Waals surface area (Å²) in [7, 11) is 0. The smallest absolute Gasteiger partial charge is 0.319 e. The lowest BCUT2D eigenvalue weighted by molar-refractivity contribution is -0.116. The number of carbonyl (C=O) groups is 2. The van der Waals surface area contributed by atoms with Crippen LogP contribution in [0.1, 0.15) is 13.3 Å². The van der Waals surface area contributed by atoms with Gasteiger partial charge in [-0.15, -0.1) is 0 Å². The number of fused-ring (bicyclic) bond motifs is 1. The van der Waals surface area contributed by atoms with E-state index in [0.29, 0.717) is 11.4 Å². The van der Waals surface area contributed by atoms with Crippen molar-refractivity contribution >= 4 is 23.3 Å². The van der Waals surface area contributed by atoms with Crippen molar-refractivity contribution in [3.63, 3.8) is 0 Å². The Labute approximate surface area is 93.2 Å². The minimum Gasteiger partial charge on any atom is -0.351 e. The van der Waals surface area contributed by atoms with Crippen LogP contribution in [0, 0.1) is 0 Å². The fourth-order valence-electron chi connectivity index (χ4n) is 1.92. The topological polar surface area (TPSA) is 75.4 Å². The fourth-order valence-corrected chi connectivity index (χ4v) is 1.92. The molecule has 0 fully saturated rings. The summed E-state index contributed by atoms with van der Waals surface area (Å²) in [5.74, 6) is -0.108. The van der Waals surface area contributed by atoms with E-state index < -0.39 is 6.03 Å². The molecule has 1 heterocycles. The molecule has 0 aromatic heterocycles. The average Bonchev–Trinajstić information content (AvgIpc) is 2.31. The highest BCUT2D eigenvalue weighted by Crippen LogP contribution is 2.30. The van der Waals surface area contributed by atoms with E-state index in [4.69, 9.17) is 5.73 Å². The molecular formula is C11H13N3O2. The normalized spacial score (nSPS) is 19.7. The maximum atomic E-state index is 11.5. The highest BCUT2D eigenvalue weighted by atomic mass is 16.2. The monoisotopic (exact) mass is 219 g/mol. The molecule has 2 rings (SSSR count). The molecule has 16 heavy (non-hydrogen) atoms. The van der Waals surface area contributed by atoms with Gasteiger partial charge in [0.1, 0.15) is 0 Å². The molecule has 1 aliphatic heterocycles. The molecular weight excluding hydrogens is 206 g/mol. The second-order valence-electron chi connectivity index (χ2n) is 3.83. The van der Waals surface area contributed by atoms with Crippen LogP contribution in [0.2, 0.25) is 0 Å². The van der Waals surface area contributed by atoms with Gasteiger partial charge in [0.05, 0.1) is 11.4 Å². The molecule has 84 valence electrons. The summed E-state index contributed by atoms with van der Waals surface area (Å²) < 4.78 is 0. The van der Waals surface area contributed by atoms with Crippen LogP contribution in [0.4, 0.5) is 16.2 Å². The van der Waals surface area contributed by atoms with Crippen LogP contribution in [0.25, 0.3) is 0 Å². The standard InChI is InChI=1S/C11H13N3O2/c1-7-6-10(15)13-8-4-2-3-5-9(8)14(7)11(12)16/h2-5,7H,6H2,1H3,(H2,12,16)(H,13,15). The summed E-state index contributed by atoms with van der Waals surface area (Å²) in [5.41, 5.74) is 6.60. The third kappa shape index (κ3) is 1.71. The zero-order chi connectivity index (χ0) is 11.7. The Bertz CT molecular complexity index is 445. The lowest BCUT2D eigenvalue weighted by atomic mass is 10.2. The van der Waals surface area contributed by atoms with Crippen molar-refractivity contribution in [2.24, 2.45) is 5.73 Å². The van der Waals surface area contributed by atoms with Crippen molar-refractivity contribution in [3.8, 4) is 0 Å². The van der Waals surface area contributed by atoms with Crippen LogP contribution in [0.5, 0.6) is 0 Å². The molecule has 0 spiro atoms. The van der Waals surface area contributed by atoms with Gasteiger partial charge in [-0.3, -0.25) is 9.69 Å². The predicted octanol–water partition coefficient (Wildman–Crippen LogP) is 1.30. The first-order chi connectivity index (χ1) is 7.59. The Kier molecular flexibility index (Phi) is 2.52. The zero-order valence-electron chi connectivity index (χ0n) is 8.93. The van der Waals surface area contributed by atoms with E-state index >= 15 is 0 Å². The quantitative estimate of drug-likeness (QED) is 0.690. The highest BCUT2D eigenvalue weighted by Gasteiger charge is 2.27. The van der Waals surface area contributed by atoms with Gasteiger partial charge in [0, 0.05) is 12.5 Å². The minimum atomic E-state index is -0.545. The number of urea groups is 1. The van der Waals surface area contributed by atoms with E-state index in [2.05, 4.69) is 5.32 Å². The maximum absolute atomic E-state index is 11.5. The van der Waals surface area contributed by atoms with Crippen molar-refractivity contribution in [2.45, 2.75) is 19.4 Å². The molecule has 0 saturated heterocycles. The van der Waals surface area contributed by atoms with Crippen molar-refractivity contribution in [1.82, 2.24) is 0 Å². The number of nitrogens with two attached hydrogens (primary N) is 1.